The summed E-state index contributed by atoms with van der Waals surface area (Å²) in [4.78, 5) is 1.25. The van der Waals surface area contributed by atoms with Gasteiger partial charge in [-0.3, -0.25) is 0 Å². The summed E-state index contributed by atoms with van der Waals surface area (Å²) in [6.45, 7) is 14.0. The molecule has 1 heteroatoms. The van der Waals surface area contributed by atoms with Crippen LogP contribution in [-0.4, -0.2) is 4.86 Å². The number of hydrogen-bond acceptors (Lipinski definition) is 1. The fourth-order valence-electron chi connectivity index (χ4n) is 7.40. The lowest BCUT2D eigenvalue weighted by molar-refractivity contribution is 0.590. The van der Waals surface area contributed by atoms with Gasteiger partial charge in [-0.15, -0.1) is 0 Å². The molecule has 0 aromatic heterocycles. The Labute approximate surface area is 198 Å². The molecule has 0 spiro atoms. The highest BCUT2D eigenvalue weighted by molar-refractivity contribution is 7.80. The van der Waals surface area contributed by atoms with E-state index < -0.39 is 0 Å². The summed E-state index contributed by atoms with van der Waals surface area (Å²) >= 11 is 5.82. The van der Waals surface area contributed by atoms with E-state index in [2.05, 4.69) is 45.9 Å². The summed E-state index contributed by atoms with van der Waals surface area (Å²) in [6, 6.07) is 4.99. The summed E-state index contributed by atoms with van der Waals surface area (Å²) in [6.07, 6.45) is 10.7. The first-order chi connectivity index (χ1) is 15.4. The van der Waals surface area contributed by atoms with E-state index in [9.17, 15) is 0 Å². The molecule has 4 aliphatic rings. The minimum absolute atomic E-state index is 0.432. The second kappa shape index (κ2) is 7.26. The molecule has 3 atom stereocenters. The molecular formula is C31H34S. The van der Waals surface area contributed by atoms with Crippen molar-refractivity contribution in [3.8, 4) is 0 Å². The number of hydrogen-bond donors (Lipinski definition) is 0. The number of thiocarbonyl (C=S) groups is 1. The first-order valence-corrected chi connectivity index (χ1v) is 13.1. The van der Waals surface area contributed by atoms with Crippen molar-refractivity contribution in [2.75, 3.05) is 0 Å². The van der Waals surface area contributed by atoms with Crippen LogP contribution in [0.3, 0.4) is 0 Å². The number of fused-ring (bicyclic) bond motifs is 4. The molecule has 2 aromatic rings. The van der Waals surface area contributed by atoms with Crippen LogP contribution in [0.4, 0.5) is 0 Å². The van der Waals surface area contributed by atoms with Crippen molar-refractivity contribution in [3.63, 3.8) is 0 Å². The van der Waals surface area contributed by atoms with Gasteiger partial charge in [0.25, 0.3) is 0 Å². The van der Waals surface area contributed by atoms with Crippen molar-refractivity contribution in [1.82, 2.24) is 0 Å². The molecule has 0 radical (unpaired) electrons. The third-order valence-electron chi connectivity index (χ3n) is 9.23. The lowest BCUT2D eigenvalue weighted by Crippen LogP contribution is -2.24. The highest BCUT2D eigenvalue weighted by atomic mass is 32.1. The van der Waals surface area contributed by atoms with Crippen LogP contribution in [-0.2, 0) is 12.8 Å². The SMILES string of the molecule is C=C1C2=C(C=C3c4cc5cc(C)c(C)c6c5c(c4CC13)C(CC)CC6)C(CC)C(=S)CC2. The van der Waals surface area contributed by atoms with Gasteiger partial charge in [0.05, 0.1) is 0 Å². The zero-order valence-corrected chi connectivity index (χ0v) is 20.8. The molecule has 4 aliphatic carbocycles. The lowest BCUT2D eigenvalue weighted by atomic mass is 9.71. The van der Waals surface area contributed by atoms with Gasteiger partial charge < -0.3 is 0 Å². The Bertz CT molecular complexity index is 1280. The fraction of sp³-hybridized carbons (Fsp3) is 0.452. The zero-order valence-electron chi connectivity index (χ0n) is 20.0. The number of aryl methyl sites for hydroxylation is 2. The van der Waals surface area contributed by atoms with Crippen LogP contribution in [0.5, 0.6) is 0 Å². The van der Waals surface area contributed by atoms with Gasteiger partial charge in [-0.1, -0.05) is 44.8 Å². The third-order valence-corrected chi connectivity index (χ3v) is 9.71. The van der Waals surface area contributed by atoms with Crippen LogP contribution in [0.25, 0.3) is 16.3 Å². The first-order valence-electron chi connectivity index (χ1n) is 12.7. The molecule has 164 valence electrons. The van der Waals surface area contributed by atoms with Crippen LogP contribution in [0.15, 0.2) is 41.5 Å². The van der Waals surface area contributed by atoms with E-state index in [1.54, 1.807) is 22.1 Å². The molecule has 0 N–H and O–H groups in total. The van der Waals surface area contributed by atoms with Gasteiger partial charge in [-0.2, -0.15) is 0 Å². The van der Waals surface area contributed by atoms with Crippen LogP contribution in [0.1, 0.15) is 85.3 Å². The average Bonchev–Trinajstić information content (AvgIpc) is 3.16. The molecule has 0 heterocycles. The molecule has 0 amide bonds. The maximum atomic E-state index is 5.82. The van der Waals surface area contributed by atoms with Gasteiger partial charge in [0.2, 0.25) is 0 Å². The van der Waals surface area contributed by atoms with Crippen molar-refractivity contribution >= 4 is 33.4 Å². The molecule has 0 saturated heterocycles. The topological polar surface area (TPSA) is 0 Å². The number of rotatable bonds is 2. The Morgan fingerprint density at radius 1 is 1.03 bits per heavy atom. The molecule has 6 rings (SSSR count). The standard InChI is InChI=1S/C31H34S/c1-6-19-8-9-23-17(4)16(3)12-20-13-25-27-15-26-21(7-2)29(32)11-10-22(26)18(5)24(27)14-28(25)30(19)31(20)23/h12-13,15,19,21,24H,5-11,14H2,1-4H3. The van der Waals surface area contributed by atoms with Crippen molar-refractivity contribution < 1.29 is 0 Å². The Balaban J connectivity index is 1.63. The molecule has 0 aliphatic heterocycles. The maximum absolute atomic E-state index is 5.82. The lowest BCUT2D eigenvalue weighted by Gasteiger charge is -2.34. The highest BCUT2D eigenvalue weighted by Gasteiger charge is 2.40. The summed E-state index contributed by atoms with van der Waals surface area (Å²) < 4.78 is 0. The first kappa shape index (κ1) is 20.6. The van der Waals surface area contributed by atoms with E-state index >= 15 is 0 Å². The monoisotopic (exact) mass is 438 g/mol. The molecule has 0 saturated carbocycles. The number of benzene rings is 2. The second-order valence-corrected chi connectivity index (χ2v) is 11.1. The minimum atomic E-state index is 0.432. The second-order valence-electron chi connectivity index (χ2n) is 10.6. The Morgan fingerprint density at radius 2 is 1.84 bits per heavy atom. The van der Waals surface area contributed by atoms with E-state index in [0.29, 0.717) is 17.8 Å². The van der Waals surface area contributed by atoms with Gasteiger partial charge in [-0.05, 0) is 137 Å². The van der Waals surface area contributed by atoms with Gasteiger partial charge in [0, 0.05) is 16.7 Å². The summed E-state index contributed by atoms with van der Waals surface area (Å²) in [5.74, 6) is 1.59. The predicted octanol–water partition coefficient (Wildman–Crippen LogP) is 8.51. The van der Waals surface area contributed by atoms with E-state index in [-0.39, 0.29) is 0 Å². The van der Waals surface area contributed by atoms with E-state index in [1.807, 2.05) is 0 Å². The minimum Gasteiger partial charge on any atom is -0.0949 e. The van der Waals surface area contributed by atoms with Gasteiger partial charge in [0.15, 0.2) is 0 Å². The third kappa shape index (κ3) is 2.64. The highest BCUT2D eigenvalue weighted by Crippen LogP contribution is 2.55. The van der Waals surface area contributed by atoms with Crippen LogP contribution in [0, 0.1) is 25.7 Å². The quantitative estimate of drug-likeness (QED) is 0.423. The molecular weight excluding hydrogens is 404 g/mol. The molecule has 0 nitrogen and oxygen atoms in total. The predicted molar refractivity (Wildman–Crippen MR) is 142 cm³/mol. The Morgan fingerprint density at radius 3 is 2.59 bits per heavy atom. The van der Waals surface area contributed by atoms with Crippen LogP contribution in [0.2, 0.25) is 0 Å². The smallest absolute Gasteiger partial charge is 0.0153 e. The van der Waals surface area contributed by atoms with Gasteiger partial charge >= 0.3 is 0 Å². The maximum Gasteiger partial charge on any atom is 0.0153 e. The normalized spacial score (nSPS) is 26.2. The van der Waals surface area contributed by atoms with Crippen molar-refractivity contribution in [2.24, 2.45) is 11.8 Å². The molecule has 32 heavy (non-hydrogen) atoms. The molecule has 3 unspecified atom stereocenters. The molecule has 0 bridgehead atoms. The van der Waals surface area contributed by atoms with Crippen molar-refractivity contribution in [1.29, 1.82) is 0 Å². The molecule has 2 aromatic carbocycles. The van der Waals surface area contributed by atoms with Crippen molar-refractivity contribution in [2.45, 2.75) is 78.6 Å². The van der Waals surface area contributed by atoms with Crippen molar-refractivity contribution in [3.05, 3.63) is 74.9 Å². The largest absolute Gasteiger partial charge is 0.0949 e. The van der Waals surface area contributed by atoms with E-state index in [4.69, 9.17) is 18.8 Å². The molecule has 0 fully saturated rings. The zero-order chi connectivity index (χ0) is 22.3. The Kier molecular flexibility index (Phi) is 4.67. The van der Waals surface area contributed by atoms with Gasteiger partial charge in [0.1, 0.15) is 0 Å². The number of allylic oxidation sites excluding steroid dienone is 5. The summed E-state index contributed by atoms with van der Waals surface area (Å²) in [7, 11) is 0. The Hall–Kier alpha value is -1.99. The average molecular weight is 439 g/mol. The van der Waals surface area contributed by atoms with E-state index in [0.717, 1.165) is 25.7 Å². The fourth-order valence-corrected chi connectivity index (χ4v) is 7.79. The van der Waals surface area contributed by atoms with Gasteiger partial charge in [-0.25, -0.2) is 0 Å². The van der Waals surface area contributed by atoms with E-state index in [1.165, 1.54) is 68.5 Å². The summed E-state index contributed by atoms with van der Waals surface area (Å²) in [5, 5.41) is 3.06. The van der Waals surface area contributed by atoms with Crippen LogP contribution >= 0.6 is 12.2 Å². The summed E-state index contributed by atoms with van der Waals surface area (Å²) in [5.41, 5.74) is 15.4. The van der Waals surface area contributed by atoms with Crippen LogP contribution < -0.4 is 0 Å².